The average molecular weight is 700 g/mol. The van der Waals surface area contributed by atoms with Gasteiger partial charge in [0.15, 0.2) is 0 Å². The highest BCUT2D eigenvalue weighted by molar-refractivity contribution is 5.95. The highest BCUT2D eigenvalue weighted by Crippen LogP contribution is 2.62. The Hall–Kier alpha value is -3.61. The molecule has 1 aromatic rings. The third kappa shape index (κ3) is 6.31. The number of hydrogen-bond donors (Lipinski definition) is 3. The van der Waals surface area contributed by atoms with E-state index in [1.54, 1.807) is 11.1 Å². The summed E-state index contributed by atoms with van der Waals surface area (Å²) in [5.41, 5.74) is 1.43. The summed E-state index contributed by atoms with van der Waals surface area (Å²) in [6.45, 7) is 13.9. The van der Waals surface area contributed by atoms with Crippen molar-refractivity contribution in [2.45, 2.75) is 83.3 Å². The van der Waals surface area contributed by atoms with Gasteiger partial charge in [-0.1, -0.05) is 45.1 Å². The van der Waals surface area contributed by atoms with Crippen molar-refractivity contribution in [3.8, 4) is 0 Å². The standard InChI is InChI=1S/C40H53N5O6/c1-6-31-37(48)45-23-26(10-11-36(45)43(31)5)19-27-20-28(38(49)51-27)30(42-35-9-7-8-14-41-35)21-29-25(2)32(44-15-17-50-18-16-44)22-33-39(29,3)13-12-34(47)40(33,4)24-46/h7-11,14,19-20,23,29-34,36,46-47H,2,6,12-13,15-18,21-22,24H2,1,3-5H3,(H,41,42)/b27-19+/t29?,30?,31?,32?,33?,34-,36?,39-,40+/m1/s1. The van der Waals surface area contributed by atoms with E-state index in [0.717, 1.165) is 43.5 Å². The SMILES string of the molecule is C=C1C(N2CCOCC2)CC2[C@](C)(CC[C@@H](O)[C@@]2(C)CO)C1CC(Nc1ccccn1)C1=C/C(=C\C2=CN3C(=O)C(CC)N(C)C3C=C2)OC1=O. The molecule has 4 aliphatic heterocycles. The van der Waals surface area contributed by atoms with Crippen LogP contribution in [0.2, 0.25) is 0 Å². The Morgan fingerprint density at radius 3 is 2.71 bits per heavy atom. The molecule has 51 heavy (non-hydrogen) atoms. The number of allylic oxidation sites excluding steroid dienone is 4. The predicted molar refractivity (Wildman–Crippen MR) is 194 cm³/mol. The number of cyclic esters (lactones) is 1. The lowest BCUT2D eigenvalue weighted by molar-refractivity contribution is -0.163. The molecule has 0 spiro atoms. The van der Waals surface area contributed by atoms with Crippen molar-refractivity contribution in [3.63, 3.8) is 0 Å². The number of ether oxygens (including phenoxy) is 2. The summed E-state index contributed by atoms with van der Waals surface area (Å²) in [7, 11) is 1.97. The molecular weight excluding hydrogens is 646 g/mol. The molecule has 7 rings (SSSR count). The topological polar surface area (TPSA) is 128 Å². The molecule has 2 saturated heterocycles. The van der Waals surface area contributed by atoms with Gasteiger partial charge < -0.3 is 25.0 Å². The predicted octanol–water partition coefficient (Wildman–Crippen LogP) is 4.00. The number of anilines is 1. The summed E-state index contributed by atoms with van der Waals surface area (Å²) in [5.74, 6) is 0.666. The number of likely N-dealkylation sites (N-methyl/N-ethyl adjacent to an activating group) is 1. The fourth-order valence-electron chi connectivity index (χ4n) is 10.0. The molecule has 1 aromatic heterocycles. The molecule has 0 aromatic carbocycles. The quantitative estimate of drug-likeness (QED) is 0.257. The Balaban J connectivity index is 1.23. The van der Waals surface area contributed by atoms with E-state index in [2.05, 4.69) is 27.0 Å². The zero-order valence-corrected chi connectivity index (χ0v) is 30.3. The van der Waals surface area contributed by atoms with E-state index in [1.807, 2.05) is 69.6 Å². The monoisotopic (exact) mass is 699 g/mol. The summed E-state index contributed by atoms with van der Waals surface area (Å²) < 4.78 is 11.6. The van der Waals surface area contributed by atoms with Gasteiger partial charge in [0.2, 0.25) is 5.91 Å². The van der Waals surface area contributed by atoms with Crippen molar-refractivity contribution in [1.82, 2.24) is 19.7 Å². The zero-order chi connectivity index (χ0) is 36.1. The van der Waals surface area contributed by atoms with Crippen molar-refractivity contribution in [3.05, 3.63) is 84.0 Å². The van der Waals surface area contributed by atoms with Gasteiger partial charge in [-0.2, -0.15) is 0 Å². The summed E-state index contributed by atoms with van der Waals surface area (Å²) in [4.78, 5) is 37.7. The van der Waals surface area contributed by atoms with Crippen LogP contribution in [0, 0.1) is 22.7 Å². The van der Waals surface area contributed by atoms with Gasteiger partial charge in [0.1, 0.15) is 17.7 Å². The van der Waals surface area contributed by atoms with Crippen molar-refractivity contribution in [1.29, 1.82) is 0 Å². The van der Waals surface area contributed by atoms with E-state index in [0.29, 0.717) is 43.2 Å². The molecule has 6 aliphatic rings. The first-order valence-corrected chi connectivity index (χ1v) is 18.5. The number of nitrogens with one attached hydrogen (secondary N) is 1. The van der Waals surface area contributed by atoms with E-state index in [9.17, 15) is 19.8 Å². The van der Waals surface area contributed by atoms with Crippen molar-refractivity contribution < 1.29 is 29.3 Å². The van der Waals surface area contributed by atoms with Crippen molar-refractivity contribution in [2.75, 3.05) is 45.3 Å². The first kappa shape index (κ1) is 35.8. The Kier molecular flexibility index (Phi) is 9.88. The maximum Gasteiger partial charge on any atom is 0.341 e. The number of aliphatic hydroxyl groups is 2. The van der Waals surface area contributed by atoms with Crippen LogP contribution >= 0.6 is 0 Å². The molecule has 2 saturated carbocycles. The number of rotatable bonds is 9. The molecule has 1 amide bonds. The van der Waals surface area contributed by atoms with Gasteiger partial charge in [-0.3, -0.25) is 19.5 Å². The summed E-state index contributed by atoms with van der Waals surface area (Å²) in [5, 5.41) is 25.7. The minimum atomic E-state index is -0.676. The van der Waals surface area contributed by atoms with Gasteiger partial charge in [-0.15, -0.1) is 0 Å². The van der Waals surface area contributed by atoms with E-state index < -0.39 is 23.5 Å². The van der Waals surface area contributed by atoms with Crippen molar-refractivity contribution >= 4 is 17.7 Å². The summed E-state index contributed by atoms with van der Waals surface area (Å²) >= 11 is 0. The van der Waals surface area contributed by atoms with Crippen LogP contribution in [0.25, 0.3) is 0 Å². The van der Waals surface area contributed by atoms with Crippen molar-refractivity contribution in [2.24, 2.45) is 22.7 Å². The molecule has 4 fully saturated rings. The Labute approximate surface area is 301 Å². The van der Waals surface area contributed by atoms with Crippen LogP contribution in [0.5, 0.6) is 0 Å². The molecule has 5 heterocycles. The lowest BCUT2D eigenvalue weighted by atomic mass is 9.45. The number of aliphatic hydroxyl groups excluding tert-OH is 2. The highest BCUT2D eigenvalue weighted by Gasteiger charge is 2.60. The highest BCUT2D eigenvalue weighted by atomic mass is 16.5. The maximum atomic E-state index is 13.8. The molecule has 11 nitrogen and oxygen atoms in total. The smallest absolute Gasteiger partial charge is 0.341 e. The second-order valence-electron chi connectivity index (χ2n) is 15.7. The number of carbonyl (C=O) groups excluding carboxylic acids is 2. The lowest BCUT2D eigenvalue weighted by Crippen LogP contribution is -2.62. The molecule has 6 unspecified atom stereocenters. The number of amides is 1. The molecule has 0 radical (unpaired) electrons. The van der Waals surface area contributed by atoms with Crippen LogP contribution in [0.15, 0.2) is 84.0 Å². The second-order valence-corrected chi connectivity index (χ2v) is 15.7. The van der Waals surface area contributed by atoms with Crippen LogP contribution < -0.4 is 5.32 Å². The minimum Gasteiger partial charge on any atom is -0.423 e. The van der Waals surface area contributed by atoms with E-state index in [4.69, 9.17) is 16.1 Å². The largest absolute Gasteiger partial charge is 0.423 e. The third-order valence-electron chi connectivity index (χ3n) is 13.0. The van der Waals surface area contributed by atoms with Gasteiger partial charge in [0.05, 0.1) is 43.6 Å². The van der Waals surface area contributed by atoms with Gasteiger partial charge in [0, 0.05) is 36.9 Å². The number of morpholine rings is 1. The second kappa shape index (κ2) is 14.1. The molecule has 274 valence electrons. The third-order valence-corrected chi connectivity index (χ3v) is 13.0. The number of carbonyl (C=O) groups is 2. The van der Waals surface area contributed by atoms with E-state index in [1.165, 1.54) is 0 Å². The van der Waals surface area contributed by atoms with Gasteiger partial charge in [0.25, 0.3) is 0 Å². The number of nitrogens with zero attached hydrogens (tertiary/aromatic N) is 4. The average Bonchev–Trinajstić information content (AvgIpc) is 3.62. The first-order valence-electron chi connectivity index (χ1n) is 18.5. The zero-order valence-electron chi connectivity index (χ0n) is 30.3. The Morgan fingerprint density at radius 2 is 2.00 bits per heavy atom. The molecule has 11 heteroatoms. The van der Waals surface area contributed by atoms with Gasteiger partial charge in [-0.25, -0.2) is 9.78 Å². The van der Waals surface area contributed by atoms with Crippen LogP contribution in [-0.2, 0) is 19.1 Å². The van der Waals surface area contributed by atoms with Crippen LogP contribution in [0.1, 0.15) is 52.9 Å². The van der Waals surface area contributed by atoms with Crippen LogP contribution in [0.4, 0.5) is 5.82 Å². The number of fused-ring (bicyclic) bond motifs is 2. The van der Waals surface area contributed by atoms with E-state index >= 15 is 0 Å². The molecule has 9 atom stereocenters. The van der Waals surface area contributed by atoms with E-state index in [-0.39, 0.29) is 48.0 Å². The van der Waals surface area contributed by atoms with Gasteiger partial charge in [-0.05, 0) is 92.3 Å². The lowest BCUT2D eigenvalue weighted by Gasteiger charge is -2.62. The number of esters is 1. The first-order chi connectivity index (χ1) is 24.5. The number of pyridine rings is 1. The molecular formula is C40H53N5O6. The van der Waals surface area contributed by atoms with Crippen LogP contribution in [-0.4, -0.2) is 112 Å². The Bertz CT molecular complexity index is 1650. The minimum absolute atomic E-state index is 0.0195. The fourth-order valence-corrected chi connectivity index (χ4v) is 10.0. The Morgan fingerprint density at radius 1 is 1.22 bits per heavy atom. The fraction of sp³-hybridized carbons (Fsp3) is 0.575. The van der Waals surface area contributed by atoms with Gasteiger partial charge >= 0.3 is 5.97 Å². The number of hydrogen-bond acceptors (Lipinski definition) is 10. The maximum absolute atomic E-state index is 13.8. The summed E-state index contributed by atoms with van der Waals surface area (Å²) in [6.07, 6.45) is 13.9. The van der Waals surface area contributed by atoms with Crippen LogP contribution in [0.3, 0.4) is 0 Å². The molecule has 3 N–H and O–H groups in total. The number of aromatic nitrogens is 1. The normalized spacial score (nSPS) is 37.2. The summed E-state index contributed by atoms with van der Waals surface area (Å²) in [6, 6.07) is 5.08. The molecule has 2 aliphatic carbocycles. The molecule has 0 bridgehead atoms.